The molecule has 0 spiro atoms. The minimum atomic E-state index is -1.60. The maximum Gasteiger partial charge on any atom is 0.326 e. The molecule has 188 valence electrons. The van der Waals surface area contributed by atoms with Crippen LogP contribution in [0.1, 0.15) is 53.4 Å². The Morgan fingerprint density at radius 3 is 1.76 bits per heavy atom. The molecular formula is C20H35N5O8. The predicted octanol–water partition coefficient (Wildman–Crippen LogP) is -1.70. The van der Waals surface area contributed by atoms with Gasteiger partial charge in [0.2, 0.25) is 23.6 Å². The second-order valence-corrected chi connectivity index (χ2v) is 8.34. The maximum absolute atomic E-state index is 12.8. The molecule has 0 saturated carbocycles. The van der Waals surface area contributed by atoms with Gasteiger partial charge in [-0.25, -0.2) is 4.79 Å². The summed E-state index contributed by atoms with van der Waals surface area (Å²) in [5.41, 5.74) is 10.5. The maximum atomic E-state index is 12.8. The van der Waals surface area contributed by atoms with Gasteiger partial charge in [-0.05, 0) is 18.3 Å². The Kier molecular flexibility index (Phi) is 12.7. The number of nitrogens with one attached hydrogen (secondary N) is 3. The van der Waals surface area contributed by atoms with Gasteiger partial charge in [0.1, 0.15) is 18.1 Å². The van der Waals surface area contributed by atoms with Crippen molar-refractivity contribution in [3.63, 3.8) is 0 Å². The lowest BCUT2D eigenvalue weighted by Gasteiger charge is -2.27. The number of carboxylic acids is 2. The third-order valence-electron chi connectivity index (χ3n) is 4.89. The lowest BCUT2D eigenvalue weighted by atomic mass is 9.97. The smallest absolute Gasteiger partial charge is 0.326 e. The Morgan fingerprint density at radius 2 is 1.33 bits per heavy atom. The number of carboxylic acid groups (broad SMARTS) is 2. The summed E-state index contributed by atoms with van der Waals surface area (Å²) in [4.78, 5) is 71.3. The Hall–Kier alpha value is -3.22. The summed E-state index contributed by atoms with van der Waals surface area (Å²) in [6.07, 6.45) is -0.727. The fraction of sp³-hybridized carbons (Fsp3) is 0.700. The number of primary amides is 1. The molecule has 0 heterocycles. The van der Waals surface area contributed by atoms with Crippen LogP contribution in [0.15, 0.2) is 0 Å². The molecule has 13 heteroatoms. The summed E-state index contributed by atoms with van der Waals surface area (Å²) in [5.74, 6) is -6.68. The average Bonchev–Trinajstić information content (AvgIpc) is 2.68. The van der Waals surface area contributed by atoms with Crippen LogP contribution in [0.2, 0.25) is 0 Å². The number of hydrogen-bond donors (Lipinski definition) is 7. The van der Waals surface area contributed by atoms with Crippen molar-refractivity contribution in [2.24, 2.45) is 23.3 Å². The van der Waals surface area contributed by atoms with E-state index in [1.54, 1.807) is 27.7 Å². The Labute approximate surface area is 192 Å². The van der Waals surface area contributed by atoms with E-state index in [4.69, 9.17) is 16.6 Å². The Bertz CT molecular complexity index is 742. The van der Waals surface area contributed by atoms with Gasteiger partial charge in [0, 0.05) is 0 Å². The first-order chi connectivity index (χ1) is 15.2. The number of aliphatic carboxylic acids is 2. The third kappa shape index (κ3) is 11.3. The highest BCUT2D eigenvalue weighted by Gasteiger charge is 2.33. The van der Waals surface area contributed by atoms with E-state index in [1.807, 2.05) is 0 Å². The highest BCUT2D eigenvalue weighted by Crippen LogP contribution is 2.11. The fourth-order valence-corrected chi connectivity index (χ4v) is 2.88. The molecule has 0 saturated heterocycles. The van der Waals surface area contributed by atoms with Crippen molar-refractivity contribution in [2.45, 2.75) is 77.5 Å². The van der Waals surface area contributed by atoms with Crippen molar-refractivity contribution in [3.8, 4) is 0 Å². The molecule has 0 rings (SSSR count). The summed E-state index contributed by atoms with van der Waals surface area (Å²) < 4.78 is 0. The van der Waals surface area contributed by atoms with Crippen LogP contribution in [0, 0.1) is 11.8 Å². The molecule has 0 aliphatic rings. The zero-order valence-corrected chi connectivity index (χ0v) is 19.3. The molecule has 33 heavy (non-hydrogen) atoms. The summed E-state index contributed by atoms with van der Waals surface area (Å²) in [6.45, 7) is 6.97. The van der Waals surface area contributed by atoms with Gasteiger partial charge >= 0.3 is 11.9 Å². The van der Waals surface area contributed by atoms with E-state index < -0.39 is 72.6 Å². The fourth-order valence-electron chi connectivity index (χ4n) is 2.88. The van der Waals surface area contributed by atoms with E-state index in [0.29, 0.717) is 6.42 Å². The van der Waals surface area contributed by atoms with Gasteiger partial charge in [-0.3, -0.25) is 24.0 Å². The van der Waals surface area contributed by atoms with Crippen LogP contribution >= 0.6 is 0 Å². The summed E-state index contributed by atoms with van der Waals surface area (Å²) in [7, 11) is 0. The minimum Gasteiger partial charge on any atom is -0.481 e. The van der Waals surface area contributed by atoms with E-state index in [0.717, 1.165) is 0 Å². The first-order valence-electron chi connectivity index (χ1n) is 10.6. The van der Waals surface area contributed by atoms with E-state index in [1.165, 1.54) is 0 Å². The first-order valence-corrected chi connectivity index (χ1v) is 10.6. The molecule has 9 N–H and O–H groups in total. The standard InChI is InChI=1S/C20H35N5O8/c1-5-10(4)16(20(32)33)25-19(31)12(6-9(2)3)24-18(30)13(8-15(27)28)23-17(29)11(21)7-14(22)26/h9-13,16H,5-8,21H2,1-4H3,(H2,22,26)(H,23,29)(H,24,30)(H,25,31)(H,27,28)(H,32,33). The van der Waals surface area contributed by atoms with Crippen molar-refractivity contribution in [1.29, 1.82) is 0 Å². The quantitative estimate of drug-likeness (QED) is 0.143. The molecule has 0 radical (unpaired) electrons. The highest BCUT2D eigenvalue weighted by atomic mass is 16.4. The normalized spacial score (nSPS) is 15.5. The molecular weight excluding hydrogens is 438 g/mol. The molecule has 0 aromatic rings. The number of hydrogen-bond acceptors (Lipinski definition) is 7. The largest absolute Gasteiger partial charge is 0.481 e. The van der Waals surface area contributed by atoms with Crippen LogP contribution in [0.4, 0.5) is 0 Å². The van der Waals surface area contributed by atoms with Crippen molar-refractivity contribution in [3.05, 3.63) is 0 Å². The van der Waals surface area contributed by atoms with Crippen LogP contribution in [0.3, 0.4) is 0 Å². The number of carbonyl (C=O) groups excluding carboxylic acids is 4. The van der Waals surface area contributed by atoms with E-state index >= 15 is 0 Å². The summed E-state index contributed by atoms with van der Waals surface area (Å²) >= 11 is 0. The topological polar surface area (TPSA) is 231 Å². The Morgan fingerprint density at radius 1 is 0.818 bits per heavy atom. The second-order valence-electron chi connectivity index (χ2n) is 8.34. The van der Waals surface area contributed by atoms with Crippen molar-refractivity contribution in [2.75, 3.05) is 0 Å². The SMILES string of the molecule is CCC(C)C(NC(=O)C(CC(C)C)NC(=O)C(CC(=O)O)NC(=O)C(N)CC(N)=O)C(=O)O. The van der Waals surface area contributed by atoms with Crippen molar-refractivity contribution in [1.82, 2.24) is 16.0 Å². The summed E-state index contributed by atoms with van der Waals surface area (Å²) in [5, 5.41) is 25.5. The number of carbonyl (C=O) groups is 6. The second kappa shape index (κ2) is 14.0. The van der Waals surface area contributed by atoms with Gasteiger partial charge in [-0.15, -0.1) is 0 Å². The third-order valence-corrected chi connectivity index (χ3v) is 4.89. The molecule has 0 fully saturated rings. The molecule has 0 aliphatic carbocycles. The van der Waals surface area contributed by atoms with E-state index in [2.05, 4.69) is 16.0 Å². The molecule has 13 nitrogen and oxygen atoms in total. The van der Waals surface area contributed by atoms with E-state index in [-0.39, 0.29) is 18.3 Å². The van der Waals surface area contributed by atoms with Crippen LogP contribution in [0.25, 0.3) is 0 Å². The van der Waals surface area contributed by atoms with Crippen LogP contribution in [0.5, 0.6) is 0 Å². The molecule has 5 atom stereocenters. The van der Waals surface area contributed by atoms with Crippen LogP contribution in [-0.4, -0.2) is 69.9 Å². The van der Waals surface area contributed by atoms with Gasteiger partial charge in [0.15, 0.2) is 0 Å². The zero-order valence-electron chi connectivity index (χ0n) is 19.3. The molecule has 4 amide bonds. The lowest BCUT2D eigenvalue weighted by Crippen LogP contribution is -2.58. The molecule has 5 unspecified atom stereocenters. The van der Waals surface area contributed by atoms with Gasteiger partial charge in [0.25, 0.3) is 0 Å². The van der Waals surface area contributed by atoms with Gasteiger partial charge in [0.05, 0.1) is 18.9 Å². The molecule has 0 aliphatic heterocycles. The van der Waals surface area contributed by atoms with Crippen molar-refractivity contribution < 1.29 is 39.0 Å². The molecule has 0 aromatic carbocycles. The minimum absolute atomic E-state index is 0.0931. The average molecular weight is 474 g/mol. The van der Waals surface area contributed by atoms with Gasteiger partial charge in [-0.1, -0.05) is 34.1 Å². The zero-order chi connectivity index (χ0) is 25.9. The molecule has 0 bridgehead atoms. The van der Waals surface area contributed by atoms with Gasteiger partial charge < -0.3 is 37.6 Å². The summed E-state index contributed by atoms with van der Waals surface area (Å²) in [6, 6.07) is -5.36. The monoisotopic (exact) mass is 473 g/mol. The van der Waals surface area contributed by atoms with Crippen LogP contribution < -0.4 is 27.4 Å². The van der Waals surface area contributed by atoms with E-state index in [9.17, 15) is 33.9 Å². The lowest BCUT2D eigenvalue weighted by molar-refractivity contribution is -0.144. The molecule has 0 aromatic heterocycles. The first kappa shape index (κ1) is 29.8. The van der Waals surface area contributed by atoms with Gasteiger partial charge in [-0.2, -0.15) is 0 Å². The predicted molar refractivity (Wildman–Crippen MR) is 116 cm³/mol. The Balaban J connectivity index is 5.58. The number of amides is 4. The number of nitrogens with two attached hydrogens (primary N) is 2. The van der Waals surface area contributed by atoms with Crippen LogP contribution in [-0.2, 0) is 28.8 Å². The highest BCUT2D eigenvalue weighted by molar-refractivity contribution is 5.96. The van der Waals surface area contributed by atoms with Crippen molar-refractivity contribution >= 4 is 35.6 Å². The number of rotatable bonds is 15.